The van der Waals surface area contributed by atoms with Crippen LogP contribution in [0.25, 0.3) is 6.08 Å². The first-order chi connectivity index (χ1) is 14.9. The summed E-state index contributed by atoms with van der Waals surface area (Å²) in [5, 5.41) is 34.8. The topological polar surface area (TPSA) is 109 Å². The fourth-order valence-electron chi connectivity index (χ4n) is 7.10. The Hall–Kier alpha value is -1.93. The monoisotopic (exact) mass is 444 g/mol. The van der Waals surface area contributed by atoms with Crippen LogP contribution < -0.4 is 10.2 Å². The molecule has 0 radical (unpaired) electrons. The summed E-state index contributed by atoms with van der Waals surface area (Å²) in [6.07, 6.45) is 7.56. The fraction of sp³-hybridized carbons (Fsp3) is 0.640. The first-order valence-electron chi connectivity index (χ1n) is 11.4. The molecule has 0 unspecified atom stereocenters. The van der Waals surface area contributed by atoms with Gasteiger partial charge in [0, 0.05) is 29.2 Å². The van der Waals surface area contributed by atoms with Crippen molar-refractivity contribution in [1.82, 2.24) is 0 Å². The molecule has 5 aliphatic rings. The molecule has 2 saturated heterocycles. The van der Waals surface area contributed by atoms with Gasteiger partial charge in [-0.05, 0) is 39.2 Å². The molecule has 1 aromatic rings. The van der Waals surface area contributed by atoms with E-state index in [2.05, 4.69) is 0 Å². The number of hydrogen-bond donors (Lipinski definition) is 3. The van der Waals surface area contributed by atoms with Gasteiger partial charge in [-0.3, -0.25) is 4.79 Å². The summed E-state index contributed by atoms with van der Waals surface area (Å²) in [6.45, 7) is 7.53. The van der Waals surface area contributed by atoms with Gasteiger partial charge in [0.05, 0.1) is 18.3 Å². The van der Waals surface area contributed by atoms with Crippen molar-refractivity contribution in [2.45, 2.75) is 76.5 Å². The number of hydrogen-bond acceptors (Lipinski definition) is 7. The predicted octanol–water partition coefficient (Wildman–Crippen LogP) is 3.08. The van der Waals surface area contributed by atoms with E-state index in [1.807, 2.05) is 39.8 Å². The molecule has 6 atom stereocenters. The lowest BCUT2D eigenvalue weighted by Crippen LogP contribution is -2.82. The molecular formula is C25H32O7. The molecule has 32 heavy (non-hydrogen) atoms. The van der Waals surface area contributed by atoms with E-state index >= 15 is 0 Å². The maximum atomic E-state index is 13.0. The molecule has 3 N–H and O–H groups in total. The molecule has 2 aliphatic carbocycles. The number of allylic oxidation sites excluding steroid dienone is 3. The van der Waals surface area contributed by atoms with Gasteiger partial charge >= 0.3 is 0 Å². The van der Waals surface area contributed by atoms with Gasteiger partial charge in [-0.15, -0.1) is 0 Å². The third-order valence-electron chi connectivity index (χ3n) is 9.02. The first-order valence-corrected chi connectivity index (χ1v) is 11.4. The summed E-state index contributed by atoms with van der Waals surface area (Å²) >= 11 is 0. The van der Waals surface area contributed by atoms with Crippen molar-refractivity contribution in [3.8, 4) is 5.95 Å². The summed E-state index contributed by atoms with van der Waals surface area (Å²) in [4.78, 5) is 13.0. The third-order valence-corrected chi connectivity index (χ3v) is 9.02. The Morgan fingerprint density at radius 3 is 2.50 bits per heavy atom. The highest BCUT2D eigenvalue weighted by Crippen LogP contribution is 2.73. The summed E-state index contributed by atoms with van der Waals surface area (Å²) in [5.41, 5.74) is -4.27. The van der Waals surface area contributed by atoms with Crippen LogP contribution in [0.1, 0.15) is 70.8 Å². The summed E-state index contributed by atoms with van der Waals surface area (Å²) in [5.74, 6) is -1.65. The molecule has 1 aromatic heterocycles. The number of ether oxygens (including phenoxy) is 2. The Morgan fingerprint density at radius 2 is 1.84 bits per heavy atom. The maximum Gasteiger partial charge on any atom is 0.295 e. The second kappa shape index (κ2) is 6.56. The average Bonchev–Trinajstić information content (AvgIpc) is 2.71. The highest BCUT2D eigenvalue weighted by atomic mass is 16.6. The van der Waals surface area contributed by atoms with Gasteiger partial charge < -0.3 is 29.2 Å². The van der Waals surface area contributed by atoms with Crippen LogP contribution in [0.2, 0.25) is 0 Å². The zero-order chi connectivity index (χ0) is 23.2. The number of fused-ring (bicyclic) bond motifs is 4. The minimum Gasteiger partial charge on any atom is -0.458 e. The van der Waals surface area contributed by atoms with Gasteiger partial charge in [-0.25, -0.2) is 0 Å². The standard InChI is InChI=1S/C25H32O7/c1-5-6-7-8-15-13-16(26)17-18(27)19-22(4,32-20(17)31-15)9-11-24(28)21(2,3)25(29)12-10-23(19,24)14-30-25/h5-8,13,18-19,27-29H,9-12,14H2,1-4H3/b6-5+,8-7-/t18-,19-,22+,23-,24+,25-/m0/s1. The molecule has 3 aliphatic heterocycles. The lowest BCUT2D eigenvalue weighted by Gasteiger charge is -2.74. The van der Waals surface area contributed by atoms with Gasteiger partial charge in [0.25, 0.3) is 5.95 Å². The highest BCUT2D eigenvalue weighted by molar-refractivity contribution is 5.47. The largest absolute Gasteiger partial charge is 0.458 e. The Labute approximate surface area is 187 Å². The quantitative estimate of drug-likeness (QED) is 0.602. The Bertz CT molecular complexity index is 1060. The molecule has 1 spiro atoms. The lowest BCUT2D eigenvalue weighted by atomic mass is 9.38. The van der Waals surface area contributed by atoms with E-state index in [9.17, 15) is 20.1 Å². The molecule has 7 heteroatoms. The van der Waals surface area contributed by atoms with Gasteiger partial charge in [0.1, 0.15) is 16.9 Å². The van der Waals surface area contributed by atoms with Gasteiger partial charge in [0.15, 0.2) is 11.2 Å². The molecule has 4 fully saturated rings. The molecule has 2 saturated carbocycles. The van der Waals surface area contributed by atoms with E-state index in [0.717, 1.165) is 0 Å². The molecule has 0 aromatic carbocycles. The van der Waals surface area contributed by atoms with E-state index in [0.29, 0.717) is 31.4 Å². The van der Waals surface area contributed by atoms with E-state index in [1.165, 1.54) is 6.07 Å². The lowest BCUT2D eigenvalue weighted by molar-refractivity contribution is -0.443. The van der Waals surface area contributed by atoms with Crippen LogP contribution in [0.3, 0.4) is 0 Å². The van der Waals surface area contributed by atoms with E-state index < -0.39 is 39.8 Å². The predicted molar refractivity (Wildman–Crippen MR) is 117 cm³/mol. The number of aliphatic hydroxyl groups excluding tert-OH is 1. The van der Waals surface area contributed by atoms with E-state index in [4.69, 9.17) is 13.9 Å². The summed E-state index contributed by atoms with van der Waals surface area (Å²) in [7, 11) is 0. The van der Waals surface area contributed by atoms with Crippen molar-refractivity contribution in [3.05, 3.63) is 45.8 Å². The second-order valence-electron chi connectivity index (χ2n) is 10.7. The molecule has 7 nitrogen and oxygen atoms in total. The van der Waals surface area contributed by atoms with Crippen molar-refractivity contribution in [1.29, 1.82) is 0 Å². The second-order valence-corrected chi connectivity index (χ2v) is 10.7. The summed E-state index contributed by atoms with van der Waals surface area (Å²) in [6, 6.07) is 1.35. The fourth-order valence-corrected chi connectivity index (χ4v) is 7.10. The van der Waals surface area contributed by atoms with Crippen molar-refractivity contribution >= 4 is 6.08 Å². The van der Waals surface area contributed by atoms with Crippen LogP contribution in [-0.2, 0) is 4.74 Å². The van der Waals surface area contributed by atoms with Gasteiger partial charge in [-0.1, -0.05) is 32.1 Å². The molecule has 174 valence electrons. The molecule has 4 heterocycles. The average molecular weight is 445 g/mol. The molecule has 2 bridgehead atoms. The van der Waals surface area contributed by atoms with Crippen LogP contribution in [-0.4, -0.2) is 38.9 Å². The zero-order valence-electron chi connectivity index (χ0n) is 19.1. The van der Waals surface area contributed by atoms with E-state index in [-0.39, 0.29) is 23.5 Å². The maximum absolute atomic E-state index is 13.0. The van der Waals surface area contributed by atoms with Gasteiger partial charge in [-0.2, -0.15) is 0 Å². The Kier molecular flexibility index (Phi) is 4.49. The van der Waals surface area contributed by atoms with Gasteiger partial charge in [0.2, 0.25) is 0 Å². The molecule has 6 rings (SSSR count). The zero-order valence-corrected chi connectivity index (χ0v) is 19.1. The van der Waals surface area contributed by atoms with Crippen molar-refractivity contribution < 1.29 is 29.2 Å². The first kappa shape index (κ1) is 21.9. The van der Waals surface area contributed by atoms with Crippen LogP contribution in [0, 0.1) is 16.7 Å². The summed E-state index contributed by atoms with van der Waals surface area (Å²) < 4.78 is 18.2. The number of aliphatic hydroxyl groups is 3. The molecule has 0 amide bonds. The van der Waals surface area contributed by atoms with Crippen molar-refractivity contribution in [3.63, 3.8) is 0 Å². The molecular weight excluding hydrogens is 412 g/mol. The van der Waals surface area contributed by atoms with Crippen LogP contribution in [0.4, 0.5) is 0 Å². The van der Waals surface area contributed by atoms with Crippen LogP contribution >= 0.6 is 0 Å². The van der Waals surface area contributed by atoms with Crippen LogP contribution in [0.5, 0.6) is 5.95 Å². The third kappa shape index (κ3) is 2.43. The minimum atomic E-state index is -1.43. The number of rotatable bonds is 2. The Morgan fingerprint density at radius 1 is 1.09 bits per heavy atom. The normalized spacial score (nSPS) is 44.2. The SMILES string of the molecule is C/C=C/C=C\c1cc(=O)c2c(o1)O[C@]1(C)CC[C@@]3(O)C(C)(C)[C@]4(O)CC[C@]3(CO4)[C@H]1[C@H]2O. The van der Waals surface area contributed by atoms with Crippen molar-refractivity contribution in [2.24, 2.45) is 16.7 Å². The van der Waals surface area contributed by atoms with Crippen molar-refractivity contribution in [2.75, 3.05) is 6.61 Å². The Balaban J connectivity index is 1.65. The smallest absolute Gasteiger partial charge is 0.295 e. The van der Waals surface area contributed by atoms with E-state index in [1.54, 1.807) is 12.2 Å². The highest BCUT2D eigenvalue weighted by Gasteiger charge is 2.79. The van der Waals surface area contributed by atoms with Crippen LogP contribution in [0.15, 0.2) is 33.5 Å². The minimum absolute atomic E-state index is 0.0361.